The van der Waals surface area contributed by atoms with E-state index in [1.54, 1.807) is 0 Å². The molecule has 0 aromatic carbocycles. The topological polar surface area (TPSA) is 32.3 Å². The van der Waals surface area contributed by atoms with Crippen molar-refractivity contribution in [2.75, 3.05) is 6.54 Å². The number of aliphatic hydroxyl groups excluding tert-OH is 1. The van der Waals surface area contributed by atoms with E-state index in [-0.39, 0.29) is 6.23 Å². The highest BCUT2D eigenvalue weighted by Gasteiger charge is 2.18. The Hall–Kier alpha value is -0.340. The molecule has 76 valence electrons. The largest absolute Gasteiger partial charge is 0.378 e. The van der Waals surface area contributed by atoms with Crippen molar-refractivity contribution in [2.45, 2.75) is 45.3 Å². The van der Waals surface area contributed by atoms with Crippen molar-refractivity contribution < 1.29 is 5.11 Å². The van der Waals surface area contributed by atoms with Crippen molar-refractivity contribution in [3.05, 3.63) is 12.2 Å². The van der Waals surface area contributed by atoms with Crippen LogP contribution in [0.2, 0.25) is 0 Å². The van der Waals surface area contributed by atoms with Gasteiger partial charge in [-0.1, -0.05) is 25.5 Å². The lowest BCUT2D eigenvalue weighted by Crippen LogP contribution is -2.36. The monoisotopic (exact) mass is 183 g/mol. The van der Waals surface area contributed by atoms with Crippen LogP contribution >= 0.6 is 0 Å². The molecular weight excluding hydrogens is 162 g/mol. The highest BCUT2D eigenvalue weighted by atomic mass is 16.3. The Morgan fingerprint density at radius 3 is 3.00 bits per heavy atom. The van der Waals surface area contributed by atoms with E-state index < -0.39 is 0 Å². The van der Waals surface area contributed by atoms with Gasteiger partial charge < -0.3 is 5.11 Å². The van der Waals surface area contributed by atoms with Crippen molar-refractivity contribution >= 4 is 0 Å². The molecule has 0 saturated heterocycles. The van der Waals surface area contributed by atoms with Crippen LogP contribution in [0.4, 0.5) is 0 Å². The van der Waals surface area contributed by atoms with Gasteiger partial charge in [0, 0.05) is 5.92 Å². The van der Waals surface area contributed by atoms with Gasteiger partial charge in [0.1, 0.15) is 6.23 Å². The van der Waals surface area contributed by atoms with E-state index in [0.717, 1.165) is 32.2 Å². The first-order chi connectivity index (χ1) is 6.34. The van der Waals surface area contributed by atoms with Crippen LogP contribution in [0, 0.1) is 5.92 Å². The van der Waals surface area contributed by atoms with Gasteiger partial charge in [-0.15, -0.1) is 0 Å². The average molecular weight is 183 g/mol. The van der Waals surface area contributed by atoms with E-state index in [9.17, 15) is 5.11 Å². The average Bonchev–Trinajstić information content (AvgIpc) is 2.19. The van der Waals surface area contributed by atoms with Crippen LogP contribution in [0.3, 0.4) is 0 Å². The normalized spacial score (nSPS) is 24.6. The molecule has 2 nitrogen and oxygen atoms in total. The molecule has 1 aliphatic rings. The van der Waals surface area contributed by atoms with Crippen LogP contribution in [0.1, 0.15) is 39.0 Å². The quantitative estimate of drug-likeness (QED) is 0.388. The SMILES string of the molecule is CCCCN[C@@H](O)C1CC=CCC1. The highest BCUT2D eigenvalue weighted by molar-refractivity contribution is 4.91. The van der Waals surface area contributed by atoms with Crippen molar-refractivity contribution in [1.29, 1.82) is 0 Å². The summed E-state index contributed by atoms with van der Waals surface area (Å²) in [7, 11) is 0. The van der Waals surface area contributed by atoms with E-state index in [2.05, 4.69) is 24.4 Å². The predicted octanol–water partition coefficient (Wildman–Crippen LogP) is 2.05. The lowest BCUT2D eigenvalue weighted by Gasteiger charge is -2.24. The summed E-state index contributed by atoms with van der Waals surface area (Å²) in [6.45, 7) is 3.11. The molecule has 0 aromatic heterocycles. The van der Waals surface area contributed by atoms with Gasteiger partial charge in [-0.3, -0.25) is 5.32 Å². The number of allylic oxidation sites excluding steroid dienone is 2. The minimum Gasteiger partial charge on any atom is -0.378 e. The number of nitrogens with one attached hydrogen (secondary N) is 1. The van der Waals surface area contributed by atoms with E-state index >= 15 is 0 Å². The van der Waals surface area contributed by atoms with E-state index in [4.69, 9.17) is 0 Å². The van der Waals surface area contributed by atoms with Gasteiger partial charge >= 0.3 is 0 Å². The van der Waals surface area contributed by atoms with Gasteiger partial charge in [-0.05, 0) is 32.2 Å². The maximum Gasteiger partial charge on any atom is 0.108 e. The fourth-order valence-electron chi connectivity index (χ4n) is 1.70. The zero-order chi connectivity index (χ0) is 9.52. The van der Waals surface area contributed by atoms with Crippen LogP contribution < -0.4 is 5.32 Å². The highest BCUT2D eigenvalue weighted by Crippen LogP contribution is 2.20. The van der Waals surface area contributed by atoms with Crippen LogP contribution in [0.15, 0.2) is 12.2 Å². The third-order valence-corrected chi connectivity index (χ3v) is 2.64. The molecule has 0 aromatic rings. The molecule has 2 atom stereocenters. The second-order valence-corrected chi connectivity index (χ2v) is 3.80. The molecule has 1 rings (SSSR count). The lowest BCUT2D eigenvalue weighted by atomic mass is 9.93. The Morgan fingerprint density at radius 1 is 1.54 bits per heavy atom. The molecular formula is C11H21NO. The standard InChI is InChI=1S/C11H21NO/c1-2-3-9-12-11(13)10-7-5-4-6-8-10/h4-5,10-13H,2-3,6-9H2,1H3/t10?,11-/m0/s1. The summed E-state index contributed by atoms with van der Waals surface area (Å²) in [4.78, 5) is 0. The first-order valence-corrected chi connectivity index (χ1v) is 5.41. The van der Waals surface area contributed by atoms with Crippen LogP contribution in [0.25, 0.3) is 0 Å². The van der Waals surface area contributed by atoms with Gasteiger partial charge in [-0.2, -0.15) is 0 Å². The molecule has 0 radical (unpaired) electrons. The molecule has 2 N–H and O–H groups in total. The zero-order valence-electron chi connectivity index (χ0n) is 8.50. The molecule has 0 fully saturated rings. The van der Waals surface area contributed by atoms with Gasteiger partial charge in [0.25, 0.3) is 0 Å². The Morgan fingerprint density at radius 2 is 2.38 bits per heavy atom. The molecule has 0 amide bonds. The second-order valence-electron chi connectivity index (χ2n) is 3.80. The number of aliphatic hydroxyl groups is 1. The van der Waals surface area contributed by atoms with E-state index in [1.807, 2.05) is 0 Å². The molecule has 0 saturated carbocycles. The van der Waals surface area contributed by atoms with Crippen molar-refractivity contribution in [2.24, 2.45) is 5.92 Å². The Balaban J connectivity index is 2.14. The summed E-state index contributed by atoms with van der Waals surface area (Å²) in [6.07, 6.45) is 9.70. The van der Waals surface area contributed by atoms with Crippen LogP contribution in [-0.4, -0.2) is 17.9 Å². The van der Waals surface area contributed by atoms with Gasteiger partial charge in [0.15, 0.2) is 0 Å². The maximum atomic E-state index is 9.76. The fourth-order valence-corrected chi connectivity index (χ4v) is 1.70. The van der Waals surface area contributed by atoms with Crippen molar-refractivity contribution in [3.8, 4) is 0 Å². The molecule has 13 heavy (non-hydrogen) atoms. The molecule has 0 aliphatic heterocycles. The van der Waals surface area contributed by atoms with E-state index in [0.29, 0.717) is 5.92 Å². The summed E-state index contributed by atoms with van der Waals surface area (Å²) in [5, 5.41) is 12.9. The van der Waals surface area contributed by atoms with Gasteiger partial charge in [-0.25, -0.2) is 0 Å². The molecule has 1 unspecified atom stereocenters. The summed E-state index contributed by atoms with van der Waals surface area (Å²) < 4.78 is 0. The van der Waals surface area contributed by atoms with Crippen LogP contribution in [-0.2, 0) is 0 Å². The molecule has 2 heteroatoms. The summed E-state index contributed by atoms with van der Waals surface area (Å²) in [6, 6.07) is 0. The minimum atomic E-state index is -0.295. The van der Waals surface area contributed by atoms with E-state index in [1.165, 1.54) is 6.42 Å². The molecule has 1 aliphatic carbocycles. The fraction of sp³-hybridized carbons (Fsp3) is 0.818. The first-order valence-electron chi connectivity index (χ1n) is 5.41. The zero-order valence-corrected chi connectivity index (χ0v) is 8.50. The summed E-state index contributed by atoms with van der Waals surface area (Å²) >= 11 is 0. The maximum absolute atomic E-state index is 9.76. The third kappa shape index (κ3) is 3.92. The van der Waals surface area contributed by atoms with Gasteiger partial charge in [0.2, 0.25) is 0 Å². The Labute approximate surface area is 81.0 Å². The number of hydrogen-bond donors (Lipinski definition) is 2. The third-order valence-electron chi connectivity index (χ3n) is 2.64. The van der Waals surface area contributed by atoms with Crippen molar-refractivity contribution in [3.63, 3.8) is 0 Å². The molecule has 0 bridgehead atoms. The number of hydrogen-bond acceptors (Lipinski definition) is 2. The minimum absolute atomic E-state index is 0.295. The summed E-state index contributed by atoms with van der Waals surface area (Å²) in [5.74, 6) is 0.432. The molecule has 0 spiro atoms. The van der Waals surface area contributed by atoms with Crippen molar-refractivity contribution in [1.82, 2.24) is 5.32 Å². The Bertz CT molecular complexity index is 156. The predicted molar refractivity (Wildman–Crippen MR) is 55.4 cm³/mol. The Kier molecular flexibility index (Phi) is 5.09. The number of unbranched alkanes of at least 4 members (excludes halogenated alkanes) is 1. The summed E-state index contributed by atoms with van der Waals surface area (Å²) in [5.41, 5.74) is 0. The van der Waals surface area contributed by atoms with Crippen LogP contribution in [0.5, 0.6) is 0 Å². The number of rotatable bonds is 5. The second kappa shape index (κ2) is 6.17. The molecule has 0 heterocycles. The smallest absolute Gasteiger partial charge is 0.108 e. The van der Waals surface area contributed by atoms with Gasteiger partial charge in [0.05, 0.1) is 0 Å². The first kappa shape index (κ1) is 10.7. The lowest BCUT2D eigenvalue weighted by molar-refractivity contribution is 0.0698.